The monoisotopic (exact) mass is 533 g/mol. The second-order valence-electron chi connectivity index (χ2n) is 10.6. The summed E-state index contributed by atoms with van der Waals surface area (Å²) in [6.45, 7) is 5.39. The summed E-state index contributed by atoms with van der Waals surface area (Å²) >= 11 is 1.83. The molecule has 1 aliphatic carbocycles. The summed E-state index contributed by atoms with van der Waals surface area (Å²) in [4.78, 5) is 55.7. The number of hydrogen-bond donors (Lipinski definition) is 2. The van der Waals surface area contributed by atoms with Crippen LogP contribution in [0.25, 0.3) is 11.0 Å². The zero-order valence-electron chi connectivity index (χ0n) is 21.7. The first-order chi connectivity index (χ1) is 17.7. The molecule has 2 aromatic heterocycles. The van der Waals surface area contributed by atoms with Crippen LogP contribution in [0, 0.1) is 11.7 Å². The maximum Gasteiger partial charge on any atom is 0.333 e. The van der Waals surface area contributed by atoms with E-state index >= 15 is 0 Å². The van der Waals surface area contributed by atoms with Crippen LogP contribution in [0.5, 0.6) is 0 Å². The van der Waals surface area contributed by atoms with Crippen LogP contribution in [0.3, 0.4) is 0 Å². The Labute approximate surface area is 219 Å². The molecule has 4 rings (SSSR count). The van der Waals surface area contributed by atoms with Gasteiger partial charge in [0.2, 0.25) is 11.8 Å². The van der Waals surface area contributed by atoms with Crippen molar-refractivity contribution in [2.45, 2.75) is 89.9 Å². The quantitative estimate of drug-likeness (QED) is 0.566. The fraction of sp³-hybridized carbons (Fsp3) is 0.654. The fourth-order valence-corrected chi connectivity index (χ4v) is 6.61. The molecular formula is C26H36FN5O4S. The Morgan fingerprint density at radius 3 is 2.35 bits per heavy atom. The van der Waals surface area contributed by atoms with Crippen LogP contribution in [0.15, 0.2) is 21.9 Å². The van der Waals surface area contributed by atoms with Gasteiger partial charge in [-0.25, -0.2) is 14.2 Å². The first-order valence-electron chi connectivity index (χ1n) is 13.1. The molecule has 9 nitrogen and oxygen atoms in total. The van der Waals surface area contributed by atoms with Gasteiger partial charge < -0.3 is 10.6 Å². The summed E-state index contributed by atoms with van der Waals surface area (Å²) in [5, 5.41) is 5.90. The summed E-state index contributed by atoms with van der Waals surface area (Å²) in [6.07, 6.45) is 5.43. The number of fused-ring (bicyclic) bond motifs is 1. The van der Waals surface area contributed by atoms with Gasteiger partial charge in [-0.15, -0.1) is 0 Å². The molecule has 2 aliphatic rings. The molecule has 2 amide bonds. The number of thioether (sulfide) groups is 1. The van der Waals surface area contributed by atoms with Crippen molar-refractivity contribution in [3.05, 3.63) is 38.9 Å². The lowest BCUT2D eigenvalue weighted by atomic mass is 9.90. The van der Waals surface area contributed by atoms with E-state index in [2.05, 4.69) is 15.6 Å². The van der Waals surface area contributed by atoms with E-state index in [9.17, 15) is 23.6 Å². The van der Waals surface area contributed by atoms with Gasteiger partial charge in [-0.2, -0.15) is 11.8 Å². The second-order valence-corrected chi connectivity index (χ2v) is 11.8. The Kier molecular flexibility index (Phi) is 8.71. The van der Waals surface area contributed by atoms with Gasteiger partial charge in [0, 0.05) is 25.0 Å². The molecule has 2 N–H and O–H groups in total. The minimum atomic E-state index is -0.609. The van der Waals surface area contributed by atoms with Crippen LogP contribution in [0.1, 0.15) is 77.8 Å². The summed E-state index contributed by atoms with van der Waals surface area (Å²) in [6, 6.07) is 0.0501. The van der Waals surface area contributed by atoms with Crippen molar-refractivity contribution in [2.24, 2.45) is 5.92 Å². The molecule has 0 bridgehead atoms. The van der Waals surface area contributed by atoms with E-state index in [1.165, 1.54) is 17.6 Å². The van der Waals surface area contributed by atoms with Gasteiger partial charge in [0.25, 0.3) is 5.56 Å². The molecule has 2 aromatic rings. The van der Waals surface area contributed by atoms with Crippen molar-refractivity contribution >= 4 is 34.6 Å². The lowest BCUT2D eigenvalue weighted by Gasteiger charge is -2.32. The van der Waals surface area contributed by atoms with Crippen molar-refractivity contribution < 1.29 is 14.0 Å². The van der Waals surface area contributed by atoms with E-state index in [1.807, 2.05) is 25.6 Å². The van der Waals surface area contributed by atoms with Gasteiger partial charge in [0.1, 0.15) is 17.5 Å². The van der Waals surface area contributed by atoms with Gasteiger partial charge in [-0.1, -0.05) is 13.8 Å². The molecule has 2 fully saturated rings. The average Bonchev–Trinajstić information content (AvgIpc) is 2.85. The molecule has 0 aromatic carbocycles. The number of pyridine rings is 1. The molecule has 0 radical (unpaired) electrons. The predicted octanol–water partition coefficient (Wildman–Crippen LogP) is 2.92. The van der Waals surface area contributed by atoms with Crippen LogP contribution in [-0.4, -0.2) is 49.5 Å². The highest BCUT2D eigenvalue weighted by molar-refractivity contribution is 7.99. The fourth-order valence-electron chi connectivity index (χ4n) is 5.53. The zero-order valence-corrected chi connectivity index (χ0v) is 22.5. The van der Waals surface area contributed by atoms with Crippen LogP contribution < -0.4 is 21.9 Å². The molecule has 0 spiro atoms. The standard InChI is InChI=1S/C26H36FN5O4S/c1-15(2)12-22(29-16(3)33)24(34)30-18-4-6-19(7-5-18)32-25(35)21-13-17(27)14-28-23(21)31(26(32)36)20-8-10-37-11-9-20/h13-15,18-20,22H,4-12H2,1-3H3,(H,29,33)(H,30,34)/t18-,19+,22-/m0/s1. The molecular weight excluding hydrogens is 497 g/mol. The van der Waals surface area contributed by atoms with Crippen molar-refractivity contribution in [1.29, 1.82) is 0 Å². The Balaban J connectivity index is 1.56. The van der Waals surface area contributed by atoms with Crippen molar-refractivity contribution in [3.63, 3.8) is 0 Å². The lowest BCUT2D eigenvalue weighted by molar-refractivity contribution is -0.129. The Bertz CT molecular complexity index is 1260. The van der Waals surface area contributed by atoms with Crippen LogP contribution in [-0.2, 0) is 9.59 Å². The zero-order chi connectivity index (χ0) is 26.7. The molecule has 37 heavy (non-hydrogen) atoms. The number of carbonyl (C=O) groups is 2. The van der Waals surface area contributed by atoms with Gasteiger partial charge >= 0.3 is 5.69 Å². The molecule has 1 saturated carbocycles. The minimum absolute atomic E-state index is 0.0802. The number of rotatable bonds is 7. The number of carbonyl (C=O) groups excluding carboxylic acids is 2. The molecule has 3 heterocycles. The summed E-state index contributed by atoms with van der Waals surface area (Å²) < 4.78 is 17.0. The summed E-state index contributed by atoms with van der Waals surface area (Å²) in [5.41, 5.74) is -0.646. The van der Waals surface area contributed by atoms with Crippen molar-refractivity contribution in [1.82, 2.24) is 24.8 Å². The second kappa shape index (κ2) is 11.8. The van der Waals surface area contributed by atoms with Crippen LogP contribution >= 0.6 is 11.8 Å². The summed E-state index contributed by atoms with van der Waals surface area (Å²) in [7, 11) is 0. The molecule has 1 atom stereocenters. The summed E-state index contributed by atoms with van der Waals surface area (Å²) in [5.74, 6) is 0.998. The number of halogens is 1. The van der Waals surface area contributed by atoms with Crippen molar-refractivity contribution in [2.75, 3.05) is 11.5 Å². The molecule has 1 aliphatic heterocycles. The SMILES string of the molecule is CC(=O)N[C@@H](CC(C)C)C(=O)N[C@H]1CC[C@@H](n2c(=O)c3cc(F)cnc3n(C3CCSCC3)c2=O)CC1. The molecule has 0 unspecified atom stereocenters. The maximum absolute atomic E-state index is 14.1. The first kappa shape index (κ1) is 27.3. The normalized spacial score (nSPS) is 21.6. The first-order valence-corrected chi connectivity index (χ1v) is 14.3. The molecule has 202 valence electrons. The highest BCUT2D eigenvalue weighted by Crippen LogP contribution is 2.30. The van der Waals surface area contributed by atoms with E-state index in [4.69, 9.17) is 0 Å². The van der Waals surface area contributed by atoms with Gasteiger partial charge in [0.15, 0.2) is 0 Å². The van der Waals surface area contributed by atoms with Gasteiger partial charge in [-0.3, -0.25) is 23.5 Å². The Hall–Kier alpha value is -2.69. The highest BCUT2D eigenvalue weighted by atomic mass is 32.2. The number of aromatic nitrogens is 3. The predicted molar refractivity (Wildman–Crippen MR) is 142 cm³/mol. The Morgan fingerprint density at radius 2 is 1.73 bits per heavy atom. The Morgan fingerprint density at radius 1 is 1.08 bits per heavy atom. The number of hydrogen-bond acceptors (Lipinski definition) is 6. The van der Waals surface area contributed by atoms with Crippen LogP contribution in [0.2, 0.25) is 0 Å². The highest BCUT2D eigenvalue weighted by Gasteiger charge is 2.31. The maximum atomic E-state index is 14.1. The lowest BCUT2D eigenvalue weighted by Crippen LogP contribution is -2.51. The average molecular weight is 534 g/mol. The third-order valence-electron chi connectivity index (χ3n) is 7.29. The van der Waals surface area contributed by atoms with E-state index in [-0.39, 0.29) is 52.6 Å². The minimum Gasteiger partial charge on any atom is -0.352 e. The van der Waals surface area contributed by atoms with Gasteiger partial charge in [-0.05, 0) is 68.4 Å². The topological polar surface area (TPSA) is 115 Å². The molecule has 1 saturated heterocycles. The largest absolute Gasteiger partial charge is 0.352 e. The number of nitrogens with one attached hydrogen (secondary N) is 2. The van der Waals surface area contributed by atoms with E-state index in [1.54, 1.807) is 4.57 Å². The third-order valence-corrected chi connectivity index (χ3v) is 8.34. The van der Waals surface area contributed by atoms with E-state index < -0.39 is 17.4 Å². The smallest absolute Gasteiger partial charge is 0.333 e. The number of amides is 2. The van der Waals surface area contributed by atoms with Crippen LogP contribution in [0.4, 0.5) is 4.39 Å². The van der Waals surface area contributed by atoms with Crippen molar-refractivity contribution in [3.8, 4) is 0 Å². The number of nitrogens with zero attached hydrogens (tertiary/aromatic N) is 3. The third kappa shape index (κ3) is 6.25. The molecule has 11 heteroatoms. The van der Waals surface area contributed by atoms with E-state index in [0.717, 1.165) is 30.5 Å². The van der Waals surface area contributed by atoms with E-state index in [0.29, 0.717) is 32.1 Å². The van der Waals surface area contributed by atoms with Gasteiger partial charge in [0.05, 0.1) is 11.6 Å².